The van der Waals surface area contributed by atoms with E-state index in [-0.39, 0.29) is 37.5 Å². The summed E-state index contributed by atoms with van der Waals surface area (Å²) in [7, 11) is 0. The van der Waals surface area contributed by atoms with Crippen molar-refractivity contribution in [2.45, 2.75) is 32.5 Å². The Morgan fingerprint density at radius 3 is 2.47 bits per heavy atom. The number of aryl methyl sites for hydroxylation is 1. The summed E-state index contributed by atoms with van der Waals surface area (Å²) in [6, 6.07) is 13.9. The molecule has 1 aromatic heterocycles. The molecular formula is C23H24FN5O2S. The summed E-state index contributed by atoms with van der Waals surface area (Å²) < 4.78 is 15.6. The molecule has 0 spiro atoms. The number of carbonyl (C=O) groups excluding carboxylic acids is 2. The number of anilines is 2. The van der Waals surface area contributed by atoms with Crippen molar-refractivity contribution in [1.82, 2.24) is 19.8 Å². The van der Waals surface area contributed by atoms with Gasteiger partial charge < -0.3 is 20.1 Å². The van der Waals surface area contributed by atoms with Gasteiger partial charge >= 0.3 is 0 Å². The van der Waals surface area contributed by atoms with Crippen molar-refractivity contribution in [2.75, 3.05) is 11.9 Å². The molecule has 0 radical (unpaired) electrons. The number of halogens is 1. The maximum absolute atomic E-state index is 13.5. The number of aromatic nitrogens is 2. The molecule has 0 bridgehead atoms. The van der Waals surface area contributed by atoms with E-state index in [1.165, 1.54) is 12.1 Å². The zero-order chi connectivity index (χ0) is 21.5. The van der Waals surface area contributed by atoms with Gasteiger partial charge in [0.1, 0.15) is 29.2 Å². The number of amides is 2. The fourth-order valence-corrected chi connectivity index (χ4v) is 3.96. The molecule has 1 fully saturated rings. The van der Waals surface area contributed by atoms with Gasteiger partial charge in [-0.05, 0) is 43.3 Å². The minimum absolute atomic E-state index is 0. The average Bonchev–Trinajstić information content (AvgIpc) is 3.10. The monoisotopic (exact) mass is 453 g/mol. The first-order valence-electron chi connectivity index (χ1n) is 10.2. The minimum Gasteiger partial charge on any atom is -0.344 e. The first-order valence-corrected chi connectivity index (χ1v) is 10.2. The van der Waals surface area contributed by atoms with Crippen LogP contribution in [-0.4, -0.2) is 38.9 Å². The molecule has 2 N–H and O–H groups in total. The SMILES string of the molecule is Cc1ccc(Nc2c(-c3ccc(F)cc3)nc3n2CCN(C(=O)[C@@H]2CC(=O)N2)C3)cc1.S. The van der Waals surface area contributed by atoms with E-state index in [4.69, 9.17) is 4.98 Å². The van der Waals surface area contributed by atoms with E-state index in [9.17, 15) is 14.0 Å². The first-order chi connectivity index (χ1) is 15.0. The molecule has 0 saturated carbocycles. The van der Waals surface area contributed by atoms with Gasteiger partial charge in [0.25, 0.3) is 0 Å². The molecule has 7 nitrogen and oxygen atoms in total. The number of benzene rings is 2. The second kappa shape index (κ2) is 8.66. The number of carbonyl (C=O) groups is 2. The lowest BCUT2D eigenvalue weighted by Gasteiger charge is -2.34. The number of fused-ring (bicyclic) bond motifs is 1. The third-order valence-electron chi connectivity index (χ3n) is 5.74. The van der Waals surface area contributed by atoms with Gasteiger partial charge in [0, 0.05) is 24.3 Å². The van der Waals surface area contributed by atoms with Crippen LogP contribution in [0.3, 0.4) is 0 Å². The number of nitrogens with one attached hydrogen (secondary N) is 2. The summed E-state index contributed by atoms with van der Waals surface area (Å²) >= 11 is 0. The highest BCUT2D eigenvalue weighted by molar-refractivity contribution is 7.59. The Morgan fingerprint density at radius 1 is 1.12 bits per heavy atom. The van der Waals surface area contributed by atoms with Crippen molar-refractivity contribution in [1.29, 1.82) is 0 Å². The van der Waals surface area contributed by atoms with E-state index in [1.54, 1.807) is 17.0 Å². The van der Waals surface area contributed by atoms with Gasteiger partial charge in [-0.15, -0.1) is 0 Å². The van der Waals surface area contributed by atoms with Crippen LogP contribution in [0.2, 0.25) is 0 Å². The largest absolute Gasteiger partial charge is 0.344 e. The normalized spacial score (nSPS) is 17.0. The van der Waals surface area contributed by atoms with Crippen LogP contribution in [0.15, 0.2) is 48.5 Å². The smallest absolute Gasteiger partial charge is 0.246 e. The van der Waals surface area contributed by atoms with Crippen molar-refractivity contribution in [2.24, 2.45) is 0 Å². The zero-order valence-electron chi connectivity index (χ0n) is 17.6. The Balaban J connectivity index is 0.00000245. The average molecular weight is 454 g/mol. The van der Waals surface area contributed by atoms with Crippen LogP contribution in [0.5, 0.6) is 0 Å². The van der Waals surface area contributed by atoms with Crippen LogP contribution in [0.4, 0.5) is 15.9 Å². The fourth-order valence-electron chi connectivity index (χ4n) is 3.96. The Hall–Kier alpha value is -3.33. The van der Waals surface area contributed by atoms with Crippen LogP contribution >= 0.6 is 13.5 Å². The molecule has 2 amide bonds. The van der Waals surface area contributed by atoms with Crippen molar-refractivity contribution in [3.63, 3.8) is 0 Å². The van der Waals surface area contributed by atoms with Crippen molar-refractivity contribution in [3.8, 4) is 11.3 Å². The number of β-lactam (4-membered cyclic amide) rings is 1. The molecule has 2 aliphatic heterocycles. The lowest BCUT2D eigenvalue weighted by Crippen LogP contribution is -2.58. The van der Waals surface area contributed by atoms with E-state index in [1.807, 2.05) is 31.2 Å². The maximum atomic E-state index is 13.5. The summed E-state index contributed by atoms with van der Waals surface area (Å²) in [5.74, 6) is 1.08. The number of hydrogen-bond donors (Lipinski definition) is 2. The van der Waals surface area contributed by atoms with Crippen LogP contribution in [0.1, 0.15) is 17.8 Å². The Kier molecular flexibility index (Phi) is 5.92. The van der Waals surface area contributed by atoms with Gasteiger partial charge in [0.05, 0.1) is 13.0 Å². The van der Waals surface area contributed by atoms with Crippen LogP contribution in [-0.2, 0) is 22.7 Å². The maximum Gasteiger partial charge on any atom is 0.246 e. The molecule has 2 aliphatic rings. The molecule has 5 rings (SSSR count). The van der Waals surface area contributed by atoms with Gasteiger partial charge in [0.15, 0.2) is 0 Å². The summed E-state index contributed by atoms with van der Waals surface area (Å²) in [6.45, 7) is 3.49. The fraction of sp³-hybridized carbons (Fsp3) is 0.261. The van der Waals surface area contributed by atoms with E-state index >= 15 is 0 Å². The van der Waals surface area contributed by atoms with Crippen molar-refractivity contribution < 1.29 is 14.0 Å². The highest BCUT2D eigenvalue weighted by Crippen LogP contribution is 2.33. The molecule has 3 aromatic rings. The molecule has 32 heavy (non-hydrogen) atoms. The molecule has 166 valence electrons. The summed E-state index contributed by atoms with van der Waals surface area (Å²) in [5, 5.41) is 6.11. The second-order valence-electron chi connectivity index (χ2n) is 7.96. The molecule has 3 heterocycles. The number of imidazole rings is 1. The number of nitrogens with zero attached hydrogens (tertiary/aromatic N) is 3. The summed E-state index contributed by atoms with van der Waals surface area (Å²) in [6.07, 6.45) is 0.241. The highest BCUT2D eigenvalue weighted by atomic mass is 32.1. The van der Waals surface area contributed by atoms with Crippen LogP contribution < -0.4 is 10.6 Å². The second-order valence-corrected chi connectivity index (χ2v) is 7.96. The number of hydrogen-bond acceptors (Lipinski definition) is 4. The standard InChI is InChI=1S/C23H22FN5O2.H2S/c1-14-2-8-17(9-3-14)25-22-21(15-4-6-16(24)7-5-15)27-19-13-28(10-11-29(19)22)23(31)18-12-20(30)26-18;/h2-9,18,25H,10-13H2,1H3,(H,26,30);1H2/t18-;/m0./s1. The van der Waals surface area contributed by atoms with E-state index in [0.29, 0.717) is 25.3 Å². The molecule has 1 atom stereocenters. The summed E-state index contributed by atoms with van der Waals surface area (Å²) in [4.78, 5) is 30.4. The first kappa shape index (κ1) is 21.9. The molecule has 9 heteroatoms. The van der Waals surface area contributed by atoms with Crippen LogP contribution in [0.25, 0.3) is 11.3 Å². The van der Waals surface area contributed by atoms with Gasteiger partial charge in [-0.2, -0.15) is 13.5 Å². The highest BCUT2D eigenvalue weighted by Gasteiger charge is 2.37. The van der Waals surface area contributed by atoms with Gasteiger partial charge in [-0.25, -0.2) is 9.37 Å². The molecule has 0 aliphatic carbocycles. The lowest BCUT2D eigenvalue weighted by atomic mass is 10.0. The molecule has 1 saturated heterocycles. The lowest BCUT2D eigenvalue weighted by molar-refractivity contribution is -0.144. The van der Waals surface area contributed by atoms with E-state index in [2.05, 4.69) is 15.2 Å². The predicted molar refractivity (Wildman–Crippen MR) is 124 cm³/mol. The topological polar surface area (TPSA) is 79.3 Å². The Labute approximate surface area is 192 Å². The van der Waals surface area contributed by atoms with Gasteiger partial charge in [-0.1, -0.05) is 17.7 Å². The van der Waals surface area contributed by atoms with E-state index in [0.717, 1.165) is 28.5 Å². The van der Waals surface area contributed by atoms with E-state index < -0.39 is 6.04 Å². The number of rotatable bonds is 4. The predicted octanol–water partition coefficient (Wildman–Crippen LogP) is 3.08. The van der Waals surface area contributed by atoms with Gasteiger partial charge in [0.2, 0.25) is 11.8 Å². The zero-order valence-corrected chi connectivity index (χ0v) is 18.6. The van der Waals surface area contributed by atoms with Gasteiger partial charge in [-0.3, -0.25) is 9.59 Å². The molecule has 2 aromatic carbocycles. The Morgan fingerprint density at radius 2 is 1.81 bits per heavy atom. The Bertz CT molecular complexity index is 1150. The third-order valence-corrected chi connectivity index (χ3v) is 5.74. The van der Waals surface area contributed by atoms with Crippen molar-refractivity contribution >= 4 is 36.8 Å². The quantitative estimate of drug-likeness (QED) is 0.595. The molecular weight excluding hydrogens is 429 g/mol. The minimum atomic E-state index is -0.435. The van der Waals surface area contributed by atoms with Crippen LogP contribution in [0, 0.1) is 12.7 Å². The molecule has 0 unspecified atom stereocenters. The third kappa shape index (κ3) is 4.08. The summed E-state index contributed by atoms with van der Waals surface area (Å²) in [5.41, 5.74) is 3.59. The van der Waals surface area contributed by atoms with Crippen molar-refractivity contribution in [3.05, 3.63) is 65.7 Å².